The molecule has 0 fully saturated rings. The van der Waals surface area contributed by atoms with E-state index in [1.807, 2.05) is 25.3 Å². The molecule has 2 nitrogen and oxygen atoms in total. The maximum Gasteiger partial charge on any atom is 0.0814 e. The molecule has 3 aromatic rings. The largest absolute Gasteiger partial charge is 0.255 e. The normalized spacial score (nSPS) is 10.5. The predicted octanol–water partition coefficient (Wildman–Crippen LogP) is 3.82. The number of pyridine rings is 2. The molecule has 0 unspecified atom stereocenters. The predicted molar refractivity (Wildman–Crippen MR) is 73.8 cm³/mol. The van der Waals surface area contributed by atoms with Crippen LogP contribution >= 0.6 is 12.4 Å². The monoisotopic (exact) mass is 244 g/mol. The van der Waals surface area contributed by atoms with Gasteiger partial charge < -0.3 is 0 Å². The molecular weight excluding hydrogens is 232 g/mol. The van der Waals surface area contributed by atoms with Gasteiger partial charge in [0.15, 0.2) is 0 Å². The average Bonchev–Trinajstić information content (AvgIpc) is 2.29. The van der Waals surface area contributed by atoms with Gasteiger partial charge in [0.1, 0.15) is 0 Å². The first-order valence-corrected chi connectivity index (χ1v) is 5.37. The number of hydrogen-bond donors (Lipinski definition) is 0. The number of halogens is 1. The molecule has 0 aliphatic rings. The number of hydrogen-bond acceptors (Lipinski definition) is 2. The van der Waals surface area contributed by atoms with Crippen LogP contribution in [-0.2, 0) is 0 Å². The van der Waals surface area contributed by atoms with Crippen molar-refractivity contribution >= 4 is 34.2 Å². The minimum absolute atomic E-state index is 0. The number of aryl methyl sites for hydroxylation is 2. The molecule has 0 saturated carbocycles. The minimum atomic E-state index is 0. The number of aromatic nitrogens is 2. The second kappa shape index (κ2) is 4.30. The lowest BCUT2D eigenvalue weighted by Gasteiger charge is -2.04. The SMILES string of the molecule is Cc1ccc2ncc3ccc(C)nc3c2c1.Cl. The third-order valence-electron chi connectivity index (χ3n) is 2.82. The van der Waals surface area contributed by atoms with Crippen molar-refractivity contribution in [2.24, 2.45) is 0 Å². The van der Waals surface area contributed by atoms with Gasteiger partial charge in [-0.25, -0.2) is 0 Å². The van der Waals surface area contributed by atoms with E-state index >= 15 is 0 Å². The quantitative estimate of drug-likeness (QED) is 0.562. The van der Waals surface area contributed by atoms with Crippen molar-refractivity contribution in [3.63, 3.8) is 0 Å². The Hall–Kier alpha value is -1.67. The molecule has 3 heteroatoms. The molecule has 0 aliphatic heterocycles. The summed E-state index contributed by atoms with van der Waals surface area (Å²) in [6.45, 7) is 4.11. The van der Waals surface area contributed by atoms with Crippen molar-refractivity contribution in [1.29, 1.82) is 0 Å². The van der Waals surface area contributed by atoms with Gasteiger partial charge in [0.05, 0.1) is 11.0 Å². The van der Waals surface area contributed by atoms with Crippen molar-refractivity contribution in [2.75, 3.05) is 0 Å². The Morgan fingerprint density at radius 3 is 2.65 bits per heavy atom. The second-order valence-electron chi connectivity index (χ2n) is 4.17. The van der Waals surface area contributed by atoms with Gasteiger partial charge in [-0.3, -0.25) is 9.97 Å². The van der Waals surface area contributed by atoms with Gasteiger partial charge in [0.25, 0.3) is 0 Å². The Morgan fingerprint density at radius 2 is 1.82 bits per heavy atom. The summed E-state index contributed by atoms with van der Waals surface area (Å²) in [5.74, 6) is 0. The summed E-state index contributed by atoms with van der Waals surface area (Å²) in [5.41, 5.74) is 4.34. The Balaban J connectivity index is 0.00000108. The van der Waals surface area contributed by atoms with E-state index in [9.17, 15) is 0 Å². The molecule has 2 heterocycles. The molecule has 0 radical (unpaired) electrons. The fourth-order valence-electron chi connectivity index (χ4n) is 1.98. The molecule has 0 bridgehead atoms. The van der Waals surface area contributed by atoms with Crippen molar-refractivity contribution in [3.05, 3.63) is 47.8 Å². The van der Waals surface area contributed by atoms with E-state index in [4.69, 9.17) is 0 Å². The highest BCUT2D eigenvalue weighted by atomic mass is 35.5. The summed E-state index contributed by atoms with van der Waals surface area (Å²) < 4.78 is 0. The van der Waals surface area contributed by atoms with Crippen LogP contribution in [0, 0.1) is 13.8 Å². The maximum absolute atomic E-state index is 4.60. The minimum Gasteiger partial charge on any atom is -0.255 e. The number of rotatable bonds is 0. The summed E-state index contributed by atoms with van der Waals surface area (Å²) in [6, 6.07) is 10.4. The molecule has 86 valence electrons. The van der Waals surface area contributed by atoms with E-state index in [0.29, 0.717) is 0 Å². The van der Waals surface area contributed by atoms with Gasteiger partial charge >= 0.3 is 0 Å². The third-order valence-corrected chi connectivity index (χ3v) is 2.82. The lowest BCUT2D eigenvalue weighted by Crippen LogP contribution is -1.88. The Labute approximate surface area is 106 Å². The molecule has 2 aromatic heterocycles. The maximum atomic E-state index is 4.60. The fourth-order valence-corrected chi connectivity index (χ4v) is 1.98. The first-order valence-electron chi connectivity index (χ1n) is 5.37. The molecular formula is C14H13ClN2. The molecule has 1 aromatic carbocycles. The van der Waals surface area contributed by atoms with E-state index in [0.717, 1.165) is 27.5 Å². The first-order chi connectivity index (χ1) is 7.74. The third kappa shape index (κ3) is 1.96. The van der Waals surface area contributed by atoms with Crippen molar-refractivity contribution in [3.8, 4) is 0 Å². The highest BCUT2D eigenvalue weighted by Crippen LogP contribution is 2.22. The van der Waals surface area contributed by atoms with Gasteiger partial charge in [-0.05, 0) is 38.1 Å². The summed E-state index contributed by atoms with van der Waals surface area (Å²) in [4.78, 5) is 9.05. The highest BCUT2D eigenvalue weighted by molar-refractivity contribution is 6.03. The highest BCUT2D eigenvalue weighted by Gasteiger charge is 2.03. The Kier molecular flexibility index (Phi) is 2.99. The average molecular weight is 245 g/mol. The van der Waals surface area contributed by atoms with Crippen molar-refractivity contribution in [1.82, 2.24) is 9.97 Å². The van der Waals surface area contributed by atoms with E-state index in [1.54, 1.807) is 0 Å². The van der Waals surface area contributed by atoms with Gasteiger partial charge in [-0.15, -0.1) is 12.4 Å². The molecule has 17 heavy (non-hydrogen) atoms. The number of fused-ring (bicyclic) bond motifs is 3. The molecule has 0 aliphatic carbocycles. The standard InChI is InChI=1S/C14H12N2.ClH/c1-9-3-6-13-12(7-9)14-11(8-15-13)5-4-10(2)16-14;/h3-8H,1-2H3;1H. The van der Waals surface area contributed by atoms with Crippen LogP contribution in [0.3, 0.4) is 0 Å². The summed E-state index contributed by atoms with van der Waals surface area (Å²) in [7, 11) is 0. The van der Waals surface area contributed by atoms with Crippen LogP contribution < -0.4 is 0 Å². The van der Waals surface area contributed by atoms with E-state index < -0.39 is 0 Å². The van der Waals surface area contributed by atoms with Crippen LogP contribution in [0.15, 0.2) is 36.5 Å². The lowest BCUT2D eigenvalue weighted by molar-refractivity contribution is 1.25. The van der Waals surface area contributed by atoms with Crippen LogP contribution in [-0.4, -0.2) is 9.97 Å². The van der Waals surface area contributed by atoms with Crippen LogP contribution in [0.25, 0.3) is 21.8 Å². The first kappa shape index (κ1) is 11.8. The van der Waals surface area contributed by atoms with E-state index in [-0.39, 0.29) is 12.4 Å². The molecule has 0 amide bonds. The fraction of sp³-hybridized carbons (Fsp3) is 0.143. The topological polar surface area (TPSA) is 25.8 Å². The second-order valence-corrected chi connectivity index (χ2v) is 4.17. The van der Waals surface area contributed by atoms with Crippen LogP contribution in [0.1, 0.15) is 11.3 Å². The zero-order valence-corrected chi connectivity index (χ0v) is 10.6. The van der Waals surface area contributed by atoms with E-state index in [1.165, 1.54) is 5.56 Å². The number of nitrogens with zero attached hydrogens (tertiary/aromatic N) is 2. The van der Waals surface area contributed by atoms with Crippen LogP contribution in [0.4, 0.5) is 0 Å². The molecule has 0 N–H and O–H groups in total. The van der Waals surface area contributed by atoms with Gasteiger partial charge in [0.2, 0.25) is 0 Å². The molecule has 0 spiro atoms. The molecule has 3 rings (SSSR count). The van der Waals surface area contributed by atoms with Crippen LogP contribution in [0.5, 0.6) is 0 Å². The molecule has 0 saturated heterocycles. The molecule has 0 atom stereocenters. The number of benzene rings is 1. The van der Waals surface area contributed by atoms with Gasteiger partial charge in [0, 0.05) is 22.7 Å². The van der Waals surface area contributed by atoms with Crippen molar-refractivity contribution in [2.45, 2.75) is 13.8 Å². The summed E-state index contributed by atoms with van der Waals surface area (Å²) in [5, 5.41) is 2.24. The zero-order valence-electron chi connectivity index (χ0n) is 9.77. The van der Waals surface area contributed by atoms with E-state index in [2.05, 4.69) is 35.1 Å². The van der Waals surface area contributed by atoms with Gasteiger partial charge in [-0.2, -0.15) is 0 Å². The van der Waals surface area contributed by atoms with Crippen LogP contribution in [0.2, 0.25) is 0 Å². The Bertz CT molecular complexity index is 631. The lowest BCUT2D eigenvalue weighted by atomic mass is 10.1. The van der Waals surface area contributed by atoms with Crippen molar-refractivity contribution < 1.29 is 0 Å². The summed E-state index contributed by atoms with van der Waals surface area (Å²) >= 11 is 0. The smallest absolute Gasteiger partial charge is 0.0814 e. The Morgan fingerprint density at radius 1 is 1.00 bits per heavy atom. The van der Waals surface area contributed by atoms with Gasteiger partial charge in [-0.1, -0.05) is 11.6 Å². The summed E-state index contributed by atoms with van der Waals surface area (Å²) in [6.07, 6.45) is 1.89. The zero-order chi connectivity index (χ0) is 11.1.